The average molecular weight is 281 g/mol. The van der Waals surface area contributed by atoms with Crippen LogP contribution in [0.1, 0.15) is 24.5 Å². The predicted molar refractivity (Wildman–Crippen MR) is 76.0 cm³/mol. The molecule has 104 valence electrons. The lowest BCUT2D eigenvalue weighted by Crippen LogP contribution is -2.27. The van der Waals surface area contributed by atoms with E-state index < -0.39 is 10.0 Å². The van der Waals surface area contributed by atoms with Gasteiger partial charge in [0.2, 0.25) is 10.0 Å². The maximum Gasteiger partial charge on any atom is 0.213 e. The molecular formula is C14H19NO3S. The molecule has 0 unspecified atom stereocenters. The molecule has 1 aromatic carbocycles. The molecule has 0 aliphatic rings. The van der Waals surface area contributed by atoms with Crippen LogP contribution in [0.25, 0.3) is 0 Å². The van der Waals surface area contributed by atoms with Crippen molar-refractivity contribution in [2.75, 3.05) is 19.4 Å². The zero-order valence-corrected chi connectivity index (χ0v) is 12.1. The summed E-state index contributed by atoms with van der Waals surface area (Å²) in [5, 5.41) is 8.66. The number of sulfonamides is 1. The van der Waals surface area contributed by atoms with Crippen LogP contribution in [0.15, 0.2) is 24.3 Å². The molecule has 19 heavy (non-hydrogen) atoms. The van der Waals surface area contributed by atoms with Gasteiger partial charge in [0.1, 0.15) is 0 Å². The Labute approximate surface area is 115 Å². The Morgan fingerprint density at radius 2 is 2.11 bits per heavy atom. The number of aliphatic hydroxyl groups is 1. The Bertz CT molecular complexity index is 570. The van der Waals surface area contributed by atoms with Gasteiger partial charge in [0.05, 0.1) is 12.4 Å². The first-order valence-corrected chi connectivity index (χ1v) is 7.73. The molecule has 0 aromatic heterocycles. The molecule has 0 radical (unpaired) electrons. The number of hydrogen-bond acceptors (Lipinski definition) is 3. The molecule has 0 amide bonds. The van der Waals surface area contributed by atoms with Crippen LogP contribution in [0, 0.1) is 11.8 Å². The fourth-order valence-electron chi connectivity index (χ4n) is 1.54. The number of rotatable bonds is 5. The third-order valence-corrected chi connectivity index (χ3v) is 4.45. The average Bonchev–Trinajstić information content (AvgIpc) is 2.39. The zero-order valence-electron chi connectivity index (χ0n) is 11.3. The van der Waals surface area contributed by atoms with Crippen molar-refractivity contribution in [2.24, 2.45) is 0 Å². The van der Waals surface area contributed by atoms with Crippen LogP contribution in [-0.4, -0.2) is 37.2 Å². The van der Waals surface area contributed by atoms with Crippen LogP contribution < -0.4 is 0 Å². The lowest BCUT2D eigenvalue weighted by Gasteiger charge is -2.15. The molecule has 0 atom stereocenters. The summed E-state index contributed by atoms with van der Waals surface area (Å²) in [5.74, 6) is 5.87. The van der Waals surface area contributed by atoms with E-state index in [0.717, 1.165) is 11.1 Å². The summed E-state index contributed by atoms with van der Waals surface area (Å²) in [4.78, 5) is 0. The molecule has 0 bridgehead atoms. The Kier molecular flexibility index (Phi) is 6.03. The second kappa shape index (κ2) is 7.29. The molecule has 0 saturated heterocycles. The fraction of sp³-hybridized carbons (Fsp3) is 0.429. The summed E-state index contributed by atoms with van der Waals surface area (Å²) in [5.41, 5.74) is 1.73. The van der Waals surface area contributed by atoms with Gasteiger partial charge < -0.3 is 5.11 Å². The number of nitrogens with zero attached hydrogens (tertiary/aromatic N) is 1. The van der Waals surface area contributed by atoms with Crippen molar-refractivity contribution in [2.45, 2.75) is 19.9 Å². The van der Waals surface area contributed by atoms with Gasteiger partial charge in [-0.2, -0.15) is 0 Å². The first kappa shape index (κ1) is 15.7. The van der Waals surface area contributed by atoms with Gasteiger partial charge in [-0.1, -0.05) is 24.0 Å². The van der Waals surface area contributed by atoms with Crippen molar-refractivity contribution in [3.05, 3.63) is 35.4 Å². The molecule has 0 saturated carbocycles. The van der Waals surface area contributed by atoms with Crippen LogP contribution in [0.5, 0.6) is 0 Å². The van der Waals surface area contributed by atoms with Crippen LogP contribution in [0.4, 0.5) is 0 Å². The first-order valence-electron chi connectivity index (χ1n) is 6.12. The van der Waals surface area contributed by atoms with Crippen LogP contribution in [-0.2, 0) is 16.6 Å². The predicted octanol–water partition coefficient (Wildman–Crippen LogP) is 1.20. The molecule has 0 aliphatic heterocycles. The lowest BCUT2D eigenvalue weighted by atomic mass is 10.1. The van der Waals surface area contributed by atoms with E-state index in [9.17, 15) is 8.42 Å². The van der Waals surface area contributed by atoms with Crippen LogP contribution in [0.3, 0.4) is 0 Å². The van der Waals surface area contributed by atoms with Gasteiger partial charge in [0, 0.05) is 25.6 Å². The summed E-state index contributed by atoms with van der Waals surface area (Å²) in [7, 11) is -1.59. The highest BCUT2D eigenvalue weighted by molar-refractivity contribution is 7.89. The minimum Gasteiger partial charge on any atom is -0.395 e. The van der Waals surface area contributed by atoms with Crippen molar-refractivity contribution < 1.29 is 13.5 Å². The van der Waals surface area contributed by atoms with Crippen molar-refractivity contribution in [3.8, 4) is 11.8 Å². The molecule has 1 aromatic rings. The van der Waals surface area contributed by atoms with Crippen molar-refractivity contribution >= 4 is 10.0 Å². The van der Waals surface area contributed by atoms with E-state index >= 15 is 0 Å². The van der Waals surface area contributed by atoms with Gasteiger partial charge in [-0.05, 0) is 24.6 Å². The molecular weight excluding hydrogens is 262 g/mol. The molecule has 1 N–H and O–H groups in total. The molecule has 5 heteroatoms. The number of aliphatic hydroxyl groups excluding tert-OH is 1. The molecule has 0 fully saturated rings. The van der Waals surface area contributed by atoms with Crippen LogP contribution >= 0.6 is 0 Å². The van der Waals surface area contributed by atoms with Gasteiger partial charge in [-0.25, -0.2) is 12.7 Å². The van der Waals surface area contributed by atoms with E-state index in [2.05, 4.69) is 11.8 Å². The Balaban J connectivity index is 2.81. The SMILES string of the molecule is CCS(=O)(=O)N(C)Cc1cccc(C#CCCO)c1. The number of benzene rings is 1. The van der Waals surface area contributed by atoms with Crippen molar-refractivity contribution in [1.82, 2.24) is 4.31 Å². The molecule has 1 rings (SSSR count). The second-order valence-electron chi connectivity index (χ2n) is 4.13. The normalized spacial score (nSPS) is 11.2. The highest BCUT2D eigenvalue weighted by atomic mass is 32.2. The largest absolute Gasteiger partial charge is 0.395 e. The van der Waals surface area contributed by atoms with Crippen molar-refractivity contribution in [1.29, 1.82) is 0 Å². The highest BCUT2D eigenvalue weighted by Crippen LogP contribution is 2.09. The fourth-order valence-corrected chi connectivity index (χ4v) is 2.33. The smallest absolute Gasteiger partial charge is 0.213 e. The topological polar surface area (TPSA) is 57.6 Å². The maximum absolute atomic E-state index is 11.7. The van der Waals surface area contributed by atoms with E-state index in [4.69, 9.17) is 5.11 Å². The Morgan fingerprint density at radius 1 is 1.37 bits per heavy atom. The Hall–Kier alpha value is -1.35. The highest BCUT2D eigenvalue weighted by Gasteiger charge is 2.14. The minimum absolute atomic E-state index is 0.0458. The first-order chi connectivity index (χ1) is 8.99. The van der Waals surface area contributed by atoms with E-state index in [1.54, 1.807) is 14.0 Å². The molecule has 4 nitrogen and oxygen atoms in total. The summed E-state index contributed by atoms with van der Waals surface area (Å²) < 4.78 is 24.7. The van der Waals surface area contributed by atoms with Crippen LogP contribution in [0.2, 0.25) is 0 Å². The van der Waals surface area contributed by atoms with Gasteiger partial charge in [0.25, 0.3) is 0 Å². The van der Waals surface area contributed by atoms with Gasteiger partial charge in [-0.15, -0.1) is 0 Å². The van der Waals surface area contributed by atoms with E-state index in [-0.39, 0.29) is 12.4 Å². The third-order valence-electron chi connectivity index (χ3n) is 2.64. The van der Waals surface area contributed by atoms with E-state index in [0.29, 0.717) is 13.0 Å². The van der Waals surface area contributed by atoms with E-state index in [1.165, 1.54) is 4.31 Å². The summed E-state index contributed by atoms with van der Waals surface area (Å²) >= 11 is 0. The Morgan fingerprint density at radius 3 is 2.74 bits per heavy atom. The third kappa shape index (κ3) is 5.03. The molecule has 0 heterocycles. The maximum atomic E-state index is 11.7. The monoisotopic (exact) mass is 281 g/mol. The zero-order chi connectivity index (χ0) is 14.3. The van der Waals surface area contributed by atoms with Crippen molar-refractivity contribution in [3.63, 3.8) is 0 Å². The summed E-state index contributed by atoms with van der Waals surface area (Å²) in [6.07, 6.45) is 0.439. The molecule has 0 spiro atoms. The quantitative estimate of drug-likeness (QED) is 0.825. The summed E-state index contributed by atoms with van der Waals surface area (Å²) in [6, 6.07) is 7.46. The van der Waals surface area contributed by atoms with Gasteiger partial charge in [0.15, 0.2) is 0 Å². The lowest BCUT2D eigenvalue weighted by molar-refractivity contribution is 0.305. The summed E-state index contributed by atoms with van der Waals surface area (Å²) in [6.45, 7) is 2.01. The van der Waals surface area contributed by atoms with E-state index in [1.807, 2.05) is 24.3 Å². The number of hydrogen-bond donors (Lipinski definition) is 1. The van der Waals surface area contributed by atoms with Gasteiger partial charge in [-0.3, -0.25) is 0 Å². The second-order valence-corrected chi connectivity index (χ2v) is 6.50. The standard InChI is InChI=1S/C14H19NO3S/c1-3-19(17,18)15(2)12-14-9-6-8-13(11-14)7-4-5-10-16/h6,8-9,11,16H,3,5,10,12H2,1-2H3. The molecule has 0 aliphatic carbocycles. The minimum atomic E-state index is -3.17. The van der Waals surface area contributed by atoms with Gasteiger partial charge >= 0.3 is 0 Å².